The Morgan fingerprint density at radius 2 is 2.08 bits per heavy atom. The summed E-state index contributed by atoms with van der Waals surface area (Å²) in [6.07, 6.45) is 6.63. The van der Waals surface area contributed by atoms with E-state index in [1.165, 1.54) is 31.9 Å². The SMILES string of the molecule is Cc1noc2ncc(C(=O)Nc3ccccc3SC3CCCC3)cc12. The first-order chi connectivity index (χ1) is 12.2. The van der Waals surface area contributed by atoms with Crippen molar-refractivity contribution in [1.82, 2.24) is 10.1 Å². The summed E-state index contributed by atoms with van der Waals surface area (Å²) in [5.41, 5.74) is 2.53. The molecule has 1 N–H and O–H groups in total. The molecule has 0 saturated heterocycles. The zero-order valence-electron chi connectivity index (χ0n) is 14.0. The van der Waals surface area contributed by atoms with Gasteiger partial charge in [-0.3, -0.25) is 4.79 Å². The number of para-hydroxylation sites is 1. The minimum atomic E-state index is -0.172. The molecule has 1 aromatic carbocycles. The van der Waals surface area contributed by atoms with Gasteiger partial charge in [-0.1, -0.05) is 30.1 Å². The molecule has 0 atom stereocenters. The predicted molar refractivity (Wildman–Crippen MR) is 99.0 cm³/mol. The Balaban J connectivity index is 1.56. The third kappa shape index (κ3) is 3.39. The first-order valence-corrected chi connectivity index (χ1v) is 9.38. The number of benzene rings is 1. The Morgan fingerprint density at radius 1 is 1.28 bits per heavy atom. The van der Waals surface area contributed by atoms with E-state index >= 15 is 0 Å². The maximum atomic E-state index is 12.7. The lowest BCUT2D eigenvalue weighted by Gasteiger charge is -2.14. The van der Waals surface area contributed by atoms with Crippen molar-refractivity contribution >= 4 is 34.5 Å². The number of hydrogen-bond donors (Lipinski definition) is 1. The number of nitrogens with one attached hydrogen (secondary N) is 1. The highest BCUT2D eigenvalue weighted by Gasteiger charge is 2.19. The number of anilines is 1. The summed E-state index contributed by atoms with van der Waals surface area (Å²) in [5.74, 6) is -0.172. The first kappa shape index (κ1) is 16.1. The molecular formula is C19H19N3O2S. The van der Waals surface area contributed by atoms with E-state index in [0.29, 0.717) is 16.5 Å². The van der Waals surface area contributed by atoms with E-state index in [2.05, 4.69) is 21.5 Å². The van der Waals surface area contributed by atoms with Gasteiger partial charge in [-0.2, -0.15) is 0 Å². The van der Waals surface area contributed by atoms with Gasteiger partial charge in [0, 0.05) is 16.3 Å². The highest BCUT2D eigenvalue weighted by molar-refractivity contribution is 8.00. The maximum Gasteiger partial charge on any atom is 0.257 e. The molecule has 1 amide bonds. The van der Waals surface area contributed by atoms with Crippen LogP contribution in [0.1, 0.15) is 41.7 Å². The number of nitrogens with zero attached hydrogens (tertiary/aromatic N) is 2. The number of carbonyl (C=O) groups excluding carboxylic acids is 1. The molecule has 25 heavy (non-hydrogen) atoms. The molecule has 5 nitrogen and oxygen atoms in total. The van der Waals surface area contributed by atoms with Crippen LogP contribution in [-0.4, -0.2) is 21.3 Å². The third-order valence-corrected chi connectivity index (χ3v) is 5.92. The van der Waals surface area contributed by atoms with Crippen molar-refractivity contribution in [3.63, 3.8) is 0 Å². The van der Waals surface area contributed by atoms with Gasteiger partial charge >= 0.3 is 0 Å². The summed E-state index contributed by atoms with van der Waals surface area (Å²) in [6, 6.07) is 9.76. The van der Waals surface area contributed by atoms with Crippen LogP contribution < -0.4 is 5.32 Å². The standard InChI is InChI=1S/C19H19N3O2S/c1-12-15-10-13(11-20-19(15)24-22-12)18(23)21-16-8-4-5-9-17(16)25-14-6-2-3-7-14/h4-5,8-11,14H,2-3,6-7H2,1H3,(H,21,23). The lowest BCUT2D eigenvalue weighted by atomic mass is 10.2. The van der Waals surface area contributed by atoms with Crippen molar-refractivity contribution in [2.45, 2.75) is 42.8 Å². The topological polar surface area (TPSA) is 68.0 Å². The second-order valence-electron chi connectivity index (χ2n) is 6.32. The summed E-state index contributed by atoms with van der Waals surface area (Å²) in [6.45, 7) is 1.84. The van der Waals surface area contributed by atoms with Gasteiger partial charge in [0.1, 0.15) is 0 Å². The molecule has 1 saturated carbocycles. The maximum absolute atomic E-state index is 12.7. The largest absolute Gasteiger partial charge is 0.336 e. The molecule has 0 aliphatic heterocycles. The summed E-state index contributed by atoms with van der Waals surface area (Å²) in [4.78, 5) is 18.0. The Hall–Kier alpha value is -2.34. The van der Waals surface area contributed by atoms with E-state index in [0.717, 1.165) is 21.7 Å². The van der Waals surface area contributed by atoms with Gasteiger partial charge in [0.2, 0.25) is 0 Å². The van der Waals surface area contributed by atoms with Gasteiger partial charge in [-0.25, -0.2) is 4.98 Å². The average Bonchev–Trinajstić information content (AvgIpc) is 3.26. The van der Waals surface area contributed by atoms with Crippen LogP contribution in [0.25, 0.3) is 11.1 Å². The summed E-state index contributed by atoms with van der Waals surface area (Å²) < 4.78 is 5.10. The van der Waals surface area contributed by atoms with Crippen LogP contribution in [0.3, 0.4) is 0 Å². The fourth-order valence-electron chi connectivity index (χ4n) is 3.12. The predicted octanol–water partition coefficient (Wildman–Crippen LogP) is 4.82. The number of amides is 1. The van der Waals surface area contributed by atoms with Crippen molar-refractivity contribution < 1.29 is 9.32 Å². The minimum Gasteiger partial charge on any atom is -0.336 e. The Kier molecular flexibility index (Phi) is 4.44. The van der Waals surface area contributed by atoms with Crippen LogP contribution in [0.5, 0.6) is 0 Å². The van der Waals surface area contributed by atoms with E-state index in [1.54, 1.807) is 6.07 Å². The van der Waals surface area contributed by atoms with Crippen molar-refractivity contribution in [2.75, 3.05) is 5.32 Å². The number of aryl methyl sites for hydroxylation is 1. The van der Waals surface area contributed by atoms with Gasteiger partial charge in [0.15, 0.2) is 0 Å². The number of pyridine rings is 1. The Morgan fingerprint density at radius 3 is 2.92 bits per heavy atom. The molecule has 2 heterocycles. The van der Waals surface area contributed by atoms with Crippen LogP contribution >= 0.6 is 11.8 Å². The van der Waals surface area contributed by atoms with Gasteiger partial charge in [0.25, 0.3) is 11.6 Å². The van der Waals surface area contributed by atoms with E-state index in [-0.39, 0.29) is 5.91 Å². The van der Waals surface area contributed by atoms with Crippen LogP contribution in [0, 0.1) is 6.92 Å². The molecule has 0 spiro atoms. The summed E-state index contributed by atoms with van der Waals surface area (Å²) in [7, 11) is 0. The number of hydrogen-bond acceptors (Lipinski definition) is 5. The molecule has 4 rings (SSSR count). The molecular weight excluding hydrogens is 334 g/mol. The zero-order chi connectivity index (χ0) is 17.2. The van der Waals surface area contributed by atoms with Gasteiger partial charge in [-0.15, -0.1) is 11.8 Å². The van der Waals surface area contributed by atoms with E-state index in [4.69, 9.17) is 4.52 Å². The van der Waals surface area contributed by atoms with Crippen molar-refractivity contribution in [1.29, 1.82) is 0 Å². The average molecular weight is 353 g/mol. The molecule has 6 heteroatoms. The smallest absolute Gasteiger partial charge is 0.257 e. The lowest BCUT2D eigenvalue weighted by Crippen LogP contribution is -2.13. The molecule has 2 aromatic heterocycles. The van der Waals surface area contributed by atoms with E-state index in [9.17, 15) is 4.79 Å². The van der Waals surface area contributed by atoms with Crippen molar-refractivity contribution in [3.05, 3.63) is 47.8 Å². The molecule has 0 unspecified atom stereocenters. The fraction of sp³-hybridized carbons (Fsp3) is 0.316. The molecule has 128 valence electrons. The highest BCUT2D eigenvalue weighted by atomic mass is 32.2. The zero-order valence-corrected chi connectivity index (χ0v) is 14.8. The highest BCUT2D eigenvalue weighted by Crippen LogP contribution is 2.38. The lowest BCUT2D eigenvalue weighted by molar-refractivity contribution is 0.102. The van der Waals surface area contributed by atoms with Gasteiger partial charge in [-0.05, 0) is 38.0 Å². The van der Waals surface area contributed by atoms with E-state index in [1.807, 2.05) is 36.9 Å². The molecule has 3 aromatic rings. The number of fused-ring (bicyclic) bond motifs is 1. The summed E-state index contributed by atoms with van der Waals surface area (Å²) >= 11 is 1.87. The van der Waals surface area contributed by atoms with Crippen LogP contribution in [0.2, 0.25) is 0 Å². The molecule has 1 aliphatic rings. The summed E-state index contributed by atoms with van der Waals surface area (Å²) in [5, 5.41) is 8.32. The van der Waals surface area contributed by atoms with Crippen molar-refractivity contribution in [3.8, 4) is 0 Å². The second-order valence-corrected chi connectivity index (χ2v) is 7.66. The van der Waals surface area contributed by atoms with Crippen molar-refractivity contribution in [2.24, 2.45) is 0 Å². The fourth-order valence-corrected chi connectivity index (χ4v) is 4.45. The monoisotopic (exact) mass is 353 g/mol. The minimum absolute atomic E-state index is 0.172. The molecule has 0 radical (unpaired) electrons. The first-order valence-electron chi connectivity index (χ1n) is 8.50. The number of carbonyl (C=O) groups is 1. The normalized spacial score (nSPS) is 14.9. The molecule has 1 fully saturated rings. The van der Waals surface area contributed by atoms with Crippen LogP contribution in [0.4, 0.5) is 5.69 Å². The van der Waals surface area contributed by atoms with Crippen LogP contribution in [-0.2, 0) is 0 Å². The number of rotatable bonds is 4. The number of thioether (sulfide) groups is 1. The third-order valence-electron chi connectivity index (χ3n) is 4.50. The van der Waals surface area contributed by atoms with Gasteiger partial charge in [0.05, 0.1) is 22.3 Å². The Bertz CT molecular complexity index is 916. The van der Waals surface area contributed by atoms with Gasteiger partial charge < -0.3 is 9.84 Å². The molecule has 0 bridgehead atoms. The molecule has 1 aliphatic carbocycles. The quantitative estimate of drug-likeness (QED) is 0.728. The van der Waals surface area contributed by atoms with Crippen LogP contribution in [0.15, 0.2) is 45.9 Å². The number of aromatic nitrogens is 2. The Labute approximate surface area is 150 Å². The van der Waals surface area contributed by atoms with E-state index < -0.39 is 0 Å². The second kappa shape index (κ2) is 6.88.